The summed E-state index contributed by atoms with van der Waals surface area (Å²) in [6, 6.07) is 15.4. The first-order valence-corrected chi connectivity index (χ1v) is 10.0. The number of carbonyl (C=O) groups excluding carboxylic acids is 1. The van der Waals surface area contributed by atoms with Crippen LogP contribution in [0.25, 0.3) is 22.0 Å². The first-order valence-electron chi connectivity index (χ1n) is 9.23. The molecule has 0 aliphatic heterocycles. The number of thiazole rings is 1. The van der Waals surface area contributed by atoms with E-state index in [2.05, 4.69) is 15.4 Å². The van der Waals surface area contributed by atoms with E-state index in [1.54, 1.807) is 12.1 Å². The van der Waals surface area contributed by atoms with E-state index in [0.29, 0.717) is 16.2 Å². The van der Waals surface area contributed by atoms with E-state index in [0.717, 1.165) is 21.5 Å². The van der Waals surface area contributed by atoms with Gasteiger partial charge in [-0.25, -0.2) is 9.67 Å². The lowest BCUT2D eigenvalue weighted by atomic mass is 10.1. The maximum Gasteiger partial charge on any atom is 0.275 e. The maximum absolute atomic E-state index is 12.6. The highest BCUT2D eigenvalue weighted by molar-refractivity contribution is 7.16. The maximum atomic E-state index is 12.6. The van der Waals surface area contributed by atoms with Gasteiger partial charge in [0.05, 0.1) is 16.8 Å². The number of carbonyl (C=O) groups is 1. The zero-order chi connectivity index (χ0) is 20.5. The van der Waals surface area contributed by atoms with Crippen LogP contribution in [-0.2, 0) is 11.3 Å². The summed E-state index contributed by atoms with van der Waals surface area (Å²) in [5.74, 6) is -0.335. The third-order valence-electron chi connectivity index (χ3n) is 4.71. The second kappa shape index (κ2) is 7.60. The normalized spacial score (nSPS) is 11.0. The molecule has 0 fully saturated rings. The van der Waals surface area contributed by atoms with Gasteiger partial charge in [-0.15, -0.1) is 11.3 Å². The van der Waals surface area contributed by atoms with Gasteiger partial charge in [0.1, 0.15) is 6.54 Å². The number of aromatic nitrogens is 3. The largest absolute Gasteiger partial charge is 0.300 e. The van der Waals surface area contributed by atoms with Crippen LogP contribution in [0.1, 0.15) is 16.1 Å². The Morgan fingerprint density at radius 1 is 1.03 bits per heavy atom. The van der Waals surface area contributed by atoms with Gasteiger partial charge in [0.2, 0.25) is 5.91 Å². The molecule has 7 heteroatoms. The van der Waals surface area contributed by atoms with Crippen molar-refractivity contribution in [3.63, 3.8) is 0 Å². The second-order valence-corrected chi connectivity index (χ2v) is 8.14. The van der Waals surface area contributed by atoms with Gasteiger partial charge in [-0.05, 0) is 26.8 Å². The van der Waals surface area contributed by atoms with Crippen LogP contribution in [-0.4, -0.2) is 20.7 Å². The predicted molar refractivity (Wildman–Crippen MR) is 116 cm³/mol. The van der Waals surface area contributed by atoms with Crippen molar-refractivity contribution in [2.45, 2.75) is 27.3 Å². The Bertz CT molecular complexity index is 1270. The number of nitrogens with one attached hydrogen (secondary N) is 1. The molecule has 0 spiro atoms. The van der Waals surface area contributed by atoms with Crippen LogP contribution < -0.4 is 10.9 Å². The number of fused-ring (bicyclic) bond motifs is 1. The van der Waals surface area contributed by atoms with Crippen molar-refractivity contribution < 1.29 is 4.79 Å². The molecule has 0 bridgehead atoms. The third kappa shape index (κ3) is 3.82. The fourth-order valence-corrected chi connectivity index (χ4v) is 4.09. The van der Waals surface area contributed by atoms with E-state index >= 15 is 0 Å². The van der Waals surface area contributed by atoms with E-state index in [-0.39, 0.29) is 18.0 Å². The van der Waals surface area contributed by atoms with E-state index in [1.165, 1.54) is 21.6 Å². The van der Waals surface area contributed by atoms with Crippen LogP contribution in [0.4, 0.5) is 5.13 Å². The Morgan fingerprint density at radius 3 is 2.45 bits per heavy atom. The van der Waals surface area contributed by atoms with E-state index < -0.39 is 0 Å². The Balaban J connectivity index is 1.56. The monoisotopic (exact) mass is 404 g/mol. The summed E-state index contributed by atoms with van der Waals surface area (Å²) in [5, 5.41) is 8.95. The molecule has 0 unspecified atom stereocenters. The minimum absolute atomic E-state index is 0.164. The average Bonchev–Trinajstić information content (AvgIpc) is 3.06. The van der Waals surface area contributed by atoms with E-state index in [9.17, 15) is 9.59 Å². The van der Waals surface area contributed by atoms with Gasteiger partial charge in [0.25, 0.3) is 5.56 Å². The smallest absolute Gasteiger partial charge is 0.275 e. The number of rotatable bonds is 4. The third-order valence-corrected chi connectivity index (χ3v) is 5.60. The zero-order valence-electron chi connectivity index (χ0n) is 16.4. The van der Waals surface area contributed by atoms with Crippen LogP contribution in [0.15, 0.2) is 53.3 Å². The molecule has 4 aromatic rings. The zero-order valence-corrected chi connectivity index (χ0v) is 17.2. The molecule has 4 rings (SSSR count). The van der Waals surface area contributed by atoms with E-state index in [1.807, 2.05) is 57.2 Å². The molecule has 0 aliphatic rings. The molecule has 6 nitrogen and oxygen atoms in total. The highest BCUT2D eigenvalue weighted by Gasteiger charge is 2.14. The minimum Gasteiger partial charge on any atom is -0.300 e. The number of hydrogen-bond acceptors (Lipinski definition) is 5. The van der Waals surface area contributed by atoms with Crippen LogP contribution >= 0.6 is 11.3 Å². The van der Waals surface area contributed by atoms with Gasteiger partial charge in [-0.3, -0.25) is 9.59 Å². The minimum atomic E-state index is -0.335. The molecule has 29 heavy (non-hydrogen) atoms. The van der Waals surface area contributed by atoms with Gasteiger partial charge >= 0.3 is 0 Å². The van der Waals surface area contributed by atoms with Crippen molar-refractivity contribution in [2.24, 2.45) is 0 Å². The standard InChI is InChI=1S/C22H20N4O2S/c1-13-8-10-16(11-9-13)20-15(3)29-22(24-20)23-19(27)12-26-21(28)18-7-5-4-6-17(18)14(2)25-26/h4-11H,12H2,1-3H3,(H,23,24,27). The summed E-state index contributed by atoms with van der Waals surface area (Å²) in [7, 11) is 0. The van der Waals surface area contributed by atoms with Crippen LogP contribution in [0, 0.1) is 20.8 Å². The number of anilines is 1. The molecule has 0 atom stereocenters. The summed E-state index contributed by atoms with van der Waals surface area (Å²) >= 11 is 1.41. The van der Waals surface area contributed by atoms with Gasteiger partial charge < -0.3 is 5.32 Å². The van der Waals surface area contributed by atoms with Gasteiger partial charge in [-0.1, -0.05) is 48.0 Å². The fourth-order valence-electron chi connectivity index (χ4n) is 3.24. The number of aryl methyl sites for hydroxylation is 3. The molecular weight excluding hydrogens is 384 g/mol. The summed E-state index contributed by atoms with van der Waals surface area (Å²) < 4.78 is 1.20. The SMILES string of the molecule is Cc1ccc(-c2nc(NC(=O)Cn3nc(C)c4ccccc4c3=O)sc2C)cc1. The van der Waals surface area contributed by atoms with Crippen molar-refractivity contribution in [1.29, 1.82) is 0 Å². The summed E-state index contributed by atoms with van der Waals surface area (Å²) in [6.07, 6.45) is 0. The van der Waals surface area contributed by atoms with Gasteiger partial charge in [-0.2, -0.15) is 5.10 Å². The van der Waals surface area contributed by atoms with Crippen molar-refractivity contribution in [2.75, 3.05) is 5.32 Å². The Hall–Kier alpha value is -3.32. The number of amides is 1. The van der Waals surface area contributed by atoms with Crippen LogP contribution in [0.2, 0.25) is 0 Å². The Labute approximate surface area is 171 Å². The molecular formula is C22H20N4O2S. The molecule has 2 aromatic heterocycles. The molecule has 146 valence electrons. The predicted octanol–water partition coefficient (Wildman–Crippen LogP) is 4.08. The van der Waals surface area contributed by atoms with Crippen molar-refractivity contribution in [3.05, 3.63) is 75.0 Å². The lowest BCUT2D eigenvalue weighted by molar-refractivity contribution is -0.117. The first-order chi connectivity index (χ1) is 13.9. The van der Waals surface area contributed by atoms with Crippen LogP contribution in [0.5, 0.6) is 0 Å². The molecule has 2 heterocycles. The Kier molecular flexibility index (Phi) is 4.98. The average molecular weight is 404 g/mol. The quantitative estimate of drug-likeness (QED) is 0.556. The molecule has 1 N–H and O–H groups in total. The first kappa shape index (κ1) is 19.0. The topological polar surface area (TPSA) is 76.9 Å². The molecule has 1 amide bonds. The number of benzene rings is 2. The Morgan fingerprint density at radius 2 is 1.72 bits per heavy atom. The molecule has 0 saturated carbocycles. The lowest BCUT2D eigenvalue weighted by Crippen LogP contribution is -2.30. The second-order valence-electron chi connectivity index (χ2n) is 6.93. The molecule has 0 aliphatic carbocycles. The number of hydrogen-bond donors (Lipinski definition) is 1. The highest BCUT2D eigenvalue weighted by atomic mass is 32.1. The van der Waals surface area contributed by atoms with Gasteiger partial charge in [0.15, 0.2) is 5.13 Å². The highest BCUT2D eigenvalue weighted by Crippen LogP contribution is 2.30. The van der Waals surface area contributed by atoms with Gasteiger partial charge in [0, 0.05) is 15.8 Å². The van der Waals surface area contributed by atoms with Crippen molar-refractivity contribution in [1.82, 2.24) is 14.8 Å². The van der Waals surface area contributed by atoms with Crippen LogP contribution in [0.3, 0.4) is 0 Å². The summed E-state index contributed by atoms with van der Waals surface area (Å²) in [4.78, 5) is 30.8. The fraction of sp³-hybridized carbons (Fsp3) is 0.182. The van der Waals surface area contributed by atoms with Crippen molar-refractivity contribution >= 4 is 33.1 Å². The molecule has 0 saturated heterocycles. The summed E-state index contributed by atoms with van der Waals surface area (Å²) in [5.41, 5.74) is 3.46. The number of nitrogens with zero attached hydrogens (tertiary/aromatic N) is 3. The molecule has 2 aromatic carbocycles. The summed E-state index contributed by atoms with van der Waals surface area (Å²) in [6.45, 7) is 5.67. The lowest BCUT2D eigenvalue weighted by Gasteiger charge is -2.08. The van der Waals surface area contributed by atoms with E-state index in [4.69, 9.17) is 0 Å². The van der Waals surface area contributed by atoms with Crippen molar-refractivity contribution in [3.8, 4) is 11.3 Å². The molecule has 0 radical (unpaired) electrons.